The summed E-state index contributed by atoms with van der Waals surface area (Å²) in [6.45, 7) is 5.97. The fraction of sp³-hybridized carbons (Fsp3) is 0.316. The minimum atomic E-state index is -0.0565. The van der Waals surface area contributed by atoms with Crippen molar-refractivity contribution in [1.29, 1.82) is 0 Å². The zero-order valence-corrected chi connectivity index (χ0v) is 13.5. The molecule has 0 radical (unpaired) electrons. The summed E-state index contributed by atoms with van der Waals surface area (Å²) in [5.74, 6) is 0.537. The van der Waals surface area contributed by atoms with Gasteiger partial charge in [-0.25, -0.2) is 0 Å². The van der Waals surface area contributed by atoms with E-state index in [0.717, 1.165) is 17.8 Å². The van der Waals surface area contributed by atoms with Crippen LogP contribution < -0.4 is 10.6 Å². The third-order valence-electron chi connectivity index (χ3n) is 3.43. The number of benzene rings is 2. The molecule has 0 bridgehead atoms. The van der Waals surface area contributed by atoms with Crippen molar-refractivity contribution in [2.45, 2.75) is 33.2 Å². The van der Waals surface area contributed by atoms with Gasteiger partial charge in [-0.15, -0.1) is 0 Å². The van der Waals surface area contributed by atoms with Crippen LogP contribution in [0.25, 0.3) is 0 Å². The molecular weight excluding hydrogens is 272 g/mol. The molecule has 0 fully saturated rings. The number of hydrogen-bond donors (Lipinski definition) is 2. The molecule has 3 heteroatoms. The first-order chi connectivity index (χ1) is 10.5. The summed E-state index contributed by atoms with van der Waals surface area (Å²) in [6.07, 6.45) is 1.05. The Kier molecular flexibility index (Phi) is 5.59. The largest absolute Gasteiger partial charge is 0.378 e. The van der Waals surface area contributed by atoms with Crippen LogP contribution in [-0.4, -0.2) is 5.91 Å². The molecule has 1 unspecified atom stereocenters. The first-order valence-electron chi connectivity index (χ1n) is 7.73. The van der Waals surface area contributed by atoms with Gasteiger partial charge in [0.25, 0.3) is 0 Å². The van der Waals surface area contributed by atoms with Gasteiger partial charge in [0, 0.05) is 18.3 Å². The van der Waals surface area contributed by atoms with E-state index < -0.39 is 0 Å². The van der Waals surface area contributed by atoms with Crippen molar-refractivity contribution in [3.63, 3.8) is 0 Å². The van der Waals surface area contributed by atoms with Crippen LogP contribution in [0.5, 0.6) is 0 Å². The number of nitrogens with one attached hydrogen (secondary N) is 2. The van der Waals surface area contributed by atoms with E-state index in [1.165, 1.54) is 12.5 Å². The summed E-state index contributed by atoms with van der Waals surface area (Å²) >= 11 is 0. The second-order valence-electron chi connectivity index (χ2n) is 6.00. The van der Waals surface area contributed by atoms with E-state index >= 15 is 0 Å². The molecule has 0 aliphatic heterocycles. The molecule has 0 heterocycles. The van der Waals surface area contributed by atoms with Gasteiger partial charge in [-0.2, -0.15) is 0 Å². The average molecular weight is 296 g/mol. The van der Waals surface area contributed by atoms with Crippen molar-refractivity contribution >= 4 is 17.3 Å². The normalized spacial score (nSPS) is 12.0. The zero-order valence-electron chi connectivity index (χ0n) is 13.5. The van der Waals surface area contributed by atoms with E-state index in [9.17, 15) is 4.79 Å². The molecule has 0 aliphatic rings. The smallest absolute Gasteiger partial charge is 0.221 e. The average Bonchev–Trinajstić information content (AvgIpc) is 2.47. The van der Waals surface area contributed by atoms with Gasteiger partial charge in [-0.1, -0.05) is 50.2 Å². The summed E-state index contributed by atoms with van der Waals surface area (Å²) in [6, 6.07) is 18.6. The van der Waals surface area contributed by atoms with Crippen molar-refractivity contribution in [2.75, 3.05) is 10.6 Å². The predicted octanol–water partition coefficient (Wildman–Crippen LogP) is 4.84. The van der Waals surface area contributed by atoms with Crippen LogP contribution in [0.3, 0.4) is 0 Å². The number of rotatable bonds is 6. The maximum Gasteiger partial charge on any atom is 0.221 e. The maximum absolute atomic E-state index is 11.2. The highest BCUT2D eigenvalue weighted by Crippen LogP contribution is 2.27. The molecule has 2 rings (SSSR count). The Labute approximate surface area is 132 Å². The minimum Gasteiger partial charge on any atom is -0.378 e. The van der Waals surface area contributed by atoms with Crippen molar-refractivity contribution in [3.05, 3.63) is 60.2 Å². The molecule has 22 heavy (non-hydrogen) atoms. The fourth-order valence-corrected chi connectivity index (χ4v) is 2.53. The van der Waals surface area contributed by atoms with E-state index in [2.05, 4.69) is 48.7 Å². The lowest BCUT2D eigenvalue weighted by molar-refractivity contribution is -0.114. The Morgan fingerprint density at radius 1 is 1.00 bits per heavy atom. The maximum atomic E-state index is 11.2. The monoisotopic (exact) mass is 296 g/mol. The van der Waals surface area contributed by atoms with E-state index in [4.69, 9.17) is 0 Å². The number of amides is 1. The first-order valence-corrected chi connectivity index (χ1v) is 7.73. The molecule has 0 aliphatic carbocycles. The minimum absolute atomic E-state index is 0.0565. The molecule has 2 aromatic carbocycles. The molecule has 3 nitrogen and oxygen atoms in total. The molecule has 0 aromatic heterocycles. The second kappa shape index (κ2) is 7.64. The lowest BCUT2D eigenvalue weighted by atomic mass is 9.96. The number of carbonyl (C=O) groups is 1. The molecular formula is C19H24N2O. The van der Waals surface area contributed by atoms with Crippen LogP contribution in [-0.2, 0) is 4.79 Å². The van der Waals surface area contributed by atoms with E-state index in [1.54, 1.807) is 0 Å². The Morgan fingerprint density at radius 2 is 1.68 bits per heavy atom. The second-order valence-corrected chi connectivity index (χ2v) is 6.00. The Hall–Kier alpha value is -2.29. The summed E-state index contributed by atoms with van der Waals surface area (Å²) in [5, 5.41) is 6.41. The highest BCUT2D eigenvalue weighted by molar-refractivity contribution is 5.89. The summed E-state index contributed by atoms with van der Waals surface area (Å²) < 4.78 is 0. The third-order valence-corrected chi connectivity index (χ3v) is 3.43. The topological polar surface area (TPSA) is 41.1 Å². The lowest BCUT2D eigenvalue weighted by Gasteiger charge is -2.22. The SMILES string of the molecule is CC(=O)Nc1cccc(NC(CC(C)C)c2ccccc2)c1. The van der Waals surface area contributed by atoms with Crippen LogP contribution >= 0.6 is 0 Å². The van der Waals surface area contributed by atoms with Gasteiger partial charge in [0.15, 0.2) is 0 Å². The van der Waals surface area contributed by atoms with Crippen LogP contribution in [0.15, 0.2) is 54.6 Å². The van der Waals surface area contributed by atoms with Gasteiger partial charge < -0.3 is 10.6 Å². The molecule has 0 spiro atoms. The Balaban J connectivity index is 2.18. The van der Waals surface area contributed by atoms with Crippen LogP contribution in [0.4, 0.5) is 11.4 Å². The van der Waals surface area contributed by atoms with Crippen LogP contribution in [0.2, 0.25) is 0 Å². The lowest BCUT2D eigenvalue weighted by Crippen LogP contribution is -2.13. The van der Waals surface area contributed by atoms with Gasteiger partial charge in [0.1, 0.15) is 0 Å². The first kappa shape index (κ1) is 16.1. The van der Waals surface area contributed by atoms with Crippen molar-refractivity contribution in [1.82, 2.24) is 0 Å². The fourth-order valence-electron chi connectivity index (χ4n) is 2.53. The Bertz CT molecular complexity index is 608. The Morgan fingerprint density at radius 3 is 2.32 bits per heavy atom. The van der Waals surface area contributed by atoms with Gasteiger partial charge >= 0.3 is 0 Å². The van der Waals surface area contributed by atoms with E-state index in [-0.39, 0.29) is 11.9 Å². The third kappa shape index (κ3) is 4.92. The molecule has 2 N–H and O–H groups in total. The molecule has 1 amide bonds. The van der Waals surface area contributed by atoms with Gasteiger partial charge in [-0.3, -0.25) is 4.79 Å². The predicted molar refractivity (Wildman–Crippen MR) is 93.0 cm³/mol. The van der Waals surface area contributed by atoms with Crippen LogP contribution in [0.1, 0.15) is 38.8 Å². The number of carbonyl (C=O) groups excluding carboxylic acids is 1. The molecule has 0 saturated heterocycles. The highest BCUT2D eigenvalue weighted by Gasteiger charge is 2.13. The number of hydrogen-bond acceptors (Lipinski definition) is 2. The van der Waals surface area contributed by atoms with Crippen molar-refractivity contribution < 1.29 is 4.79 Å². The molecule has 2 aromatic rings. The van der Waals surface area contributed by atoms with Gasteiger partial charge in [-0.05, 0) is 36.1 Å². The highest BCUT2D eigenvalue weighted by atomic mass is 16.1. The van der Waals surface area contributed by atoms with Gasteiger partial charge in [0.2, 0.25) is 5.91 Å². The summed E-state index contributed by atoms with van der Waals surface area (Å²) in [7, 11) is 0. The quantitative estimate of drug-likeness (QED) is 0.800. The van der Waals surface area contributed by atoms with Crippen molar-refractivity contribution in [2.24, 2.45) is 5.92 Å². The summed E-state index contributed by atoms with van der Waals surface area (Å²) in [4.78, 5) is 11.2. The number of anilines is 2. The molecule has 116 valence electrons. The molecule has 0 saturated carbocycles. The summed E-state index contributed by atoms with van der Waals surface area (Å²) in [5.41, 5.74) is 3.11. The van der Waals surface area contributed by atoms with Gasteiger partial charge in [0.05, 0.1) is 6.04 Å². The van der Waals surface area contributed by atoms with E-state index in [1.807, 2.05) is 30.3 Å². The standard InChI is InChI=1S/C19H24N2O/c1-14(2)12-19(16-8-5-4-6-9-16)21-18-11-7-10-17(13-18)20-15(3)22/h4-11,13-14,19,21H,12H2,1-3H3,(H,20,22). The zero-order chi connectivity index (χ0) is 15.9. The van der Waals surface area contributed by atoms with Crippen LogP contribution in [0, 0.1) is 5.92 Å². The van der Waals surface area contributed by atoms with Crippen molar-refractivity contribution in [3.8, 4) is 0 Å². The van der Waals surface area contributed by atoms with E-state index in [0.29, 0.717) is 5.92 Å². The molecule has 1 atom stereocenters.